The molecule has 2 fully saturated rings. The summed E-state index contributed by atoms with van der Waals surface area (Å²) in [6, 6.07) is 1.28. The summed E-state index contributed by atoms with van der Waals surface area (Å²) in [6.07, 6.45) is 0. The minimum atomic E-state index is -0.953. The molecule has 15 heteroatoms. The van der Waals surface area contributed by atoms with Gasteiger partial charge >= 0.3 is 5.97 Å². The molecule has 3 unspecified atom stereocenters. The lowest BCUT2D eigenvalue weighted by molar-refractivity contribution is -0.158. The Labute approximate surface area is 221 Å². The zero-order chi connectivity index (χ0) is 27.1. The number of nitrogens with one attached hydrogen (secondary N) is 2. The van der Waals surface area contributed by atoms with Crippen LogP contribution in [0.2, 0.25) is 0 Å². The first-order valence-electron chi connectivity index (χ1n) is 11.6. The standard InChI is InChI=1S/C22H30N8O5S2/c1-21(2,3)20(34)35-10-29-27-16(26-28-29)15-22(4,5)37-19-14(18(33)30(15)19)25-17(32)13(24-12(31)9-23)11-7-6-8-36-11/h6-8,13-15,19H,9-10,23H2,1-5H3,(H,24,31)(H,25,32)/t13?,14?,15?,19-/m1/s1. The van der Waals surface area contributed by atoms with Gasteiger partial charge in [-0.25, -0.2) is 0 Å². The summed E-state index contributed by atoms with van der Waals surface area (Å²) in [5.74, 6) is -1.34. The van der Waals surface area contributed by atoms with Crippen LogP contribution in [-0.4, -0.2) is 71.5 Å². The van der Waals surface area contributed by atoms with Crippen molar-refractivity contribution in [2.75, 3.05) is 6.54 Å². The van der Waals surface area contributed by atoms with Crippen LogP contribution in [-0.2, 0) is 30.6 Å². The van der Waals surface area contributed by atoms with E-state index in [1.54, 1.807) is 43.2 Å². The van der Waals surface area contributed by atoms with Gasteiger partial charge in [-0.15, -0.1) is 38.1 Å². The predicted molar refractivity (Wildman–Crippen MR) is 135 cm³/mol. The molecule has 4 atom stereocenters. The molecule has 0 radical (unpaired) electrons. The number of ether oxygens (including phenoxy) is 1. The van der Waals surface area contributed by atoms with Gasteiger partial charge in [0.25, 0.3) is 0 Å². The number of rotatable bonds is 8. The van der Waals surface area contributed by atoms with Gasteiger partial charge in [0.05, 0.1) is 12.0 Å². The topological polar surface area (TPSA) is 174 Å². The number of aromatic nitrogens is 4. The fourth-order valence-corrected chi connectivity index (χ4v) is 6.50. The Morgan fingerprint density at radius 1 is 1.30 bits per heavy atom. The molecule has 2 saturated heterocycles. The van der Waals surface area contributed by atoms with Crippen LogP contribution in [0, 0.1) is 5.41 Å². The summed E-state index contributed by atoms with van der Waals surface area (Å²) in [4.78, 5) is 53.7. The second-order valence-electron chi connectivity index (χ2n) is 10.3. The predicted octanol–water partition coefficient (Wildman–Crippen LogP) is 0.317. The molecule has 4 heterocycles. The number of β-lactam (4-membered cyclic amide) rings is 1. The summed E-state index contributed by atoms with van der Waals surface area (Å²) in [6.45, 7) is 8.70. The monoisotopic (exact) mass is 550 g/mol. The van der Waals surface area contributed by atoms with Crippen molar-refractivity contribution in [3.63, 3.8) is 0 Å². The number of amides is 3. The van der Waals surface area contributed by atoms with E-state index in [1.165, 1.54) is 27.9 Å². The average molecular weight is 551 g/mol. The van der Waals surface area contributed by atoms with Crippen LogP contribution in [0.25, 0.3) is 0 Å². The lowest BCUT2D eigenvalue weighted by Crippen LogP contribution is -2.68. The summed E-state index contributed by atoms with van der Waals surface area (Å²) in [5.41, 5.74) is 4.74. The maximum Gasteiger partial charge on any atom is 0.313 e. The largest absolute Gasteiger partial charge is 0.440 e. The van der Waals surface area contributed by atoms with E-state index in [2.05, 4.69) is 26.0 Å². The molecular weight excluding hydrogens is 520 g/mol. The number of hydrogen-bond acceptors (Lipinski definition) is 11. The van der Waals surface area contributed by atoms with Crippen LogP contribution in [0.15, 0.2) is 17.5 Å². The molecule has 0 saturated carbocycles. The van der Waals surface area contributed by atoms with E-state index in [0.29, 0.717) is 10.7 Å². The van der Waals surface area contributed by atoms with Crippen LogP contribution in [0.5, 0.6) is 0 Å². The van der Waals surface area contributed by atoms with Crippen LogP contribution in [0.1, 0.15) is 57.4 Å². The number of tetrazole rings is 1. The lowest BCUT2D eigenvalue weighted by Gasteiger charge is -2.44. The number of nitrogens with two attached hydrogens (primary N) is 1. The first kappa shape index (κ1) is 27.0. The number of carbonyl (C=O) groups is 4. The Morgan fingerprint density at radius 2 is 2.03 bits per heavy atom. The van der Waals surface area contributed by atoms with Crippen molar-refractivity contribution in [2.45, 2.75) is 69.6 Å². The maximum absolute atomic E-state index is 13.2. The molecule has 0 spiro atoms. The second kappa shape index (κ2) is 10.0. The van der Waals surface area contributed by atoms with Crippen molar-refractivity contribution in [3.8, 4) is 0 Å². The second-order valence-corrected chi connectivity index (χ2v) is 13.0. The van der Waals surface area contributed by atoms with Gasteiger partial charge in [-0.1, -0.05) is 6.07 Å². The van der Waals surface area contributed by atoms with Gasteiger partial charge in [0.2, 0.25) is 24.5 Å². The van der Waals surface area contributed by atoms with Crippen molar-refractivity contribution in [3.05, 3.63) is 28.2 Å². The Kier molecular flexibility index (Phi) is 7.32. The summed E-state index contributed by atoms with van der Waals surface area (Å²) in [5, 5.41) is 19.3. The molecule has 0 aliphatic carbocycles. The SMILES string of the molecule is CC(C)(C)C(=O)OCn1nnc(C2N3C(=O)C(NC(=O)C(NC(=O)CN)c4cccs4)[C@H]3SC2(C)C)n1. The highest BCUT2D eigenvalue weighted by molar-refractivity contribution is 8.01. The van der Waals surface area contributed by atoms with Crippen molar-refractivity contribution >= 4 is 46.8 Å². The minimum absolute atomic E-state index is 0.196. The molecule has 2 aromatic heterocycles. The molecule has 2 aliphatic rings. The van der Waals surface area contributed by atoms with Gasteiger partial charge in [0.1, 0.15) is 23.5 Å². The molecule has 3 amide bonds. The van der Waals surface area contributed by atoms with Crippen LogP contribution < -0.4 is 16.4 Å². The molecule has 200 valence electrons. The highest BCUT2D eigenvalue weighted by atomic mass is 32.2. The number of fused-ring (bicyclic) bond motifs is 1. The summed E-state index contributed by atoms with van der Waals surface area (Å²) >= 11 is 2.83. The van der Waals surface area contributed by atoms with Crippen molar-refractivity contribution in [2.24, 2.45) is 11.1 Å². The average Bonchev–Trinajstić information content (AvgIpc) is 3.57. The van der Waals surface area contributed by atoms with E-state index in [1.807, 2.05) is 13.8 Å². The van der Waals surface area contributed by atoms with Crippen molar-refractivity contribution in [1.29, 1.82) is 0 Å². The van der Waals surface area contributed by atoms with Crippen molar-refractivity contribution < 1.29 is 23.9 Å². The van der Waals surface area contributed by atoms with E-state index in [4.69, 9.17) is 10.5 Å². The Bertz CT molecular complexity index is 1190. The van der Waals surface area contributed by atoms with Crippen LogP contribution in [0.3, 0.4) is 0 Å². The molecule has 2 aliphatic heterocycles. The number of thiophene rings is 1. The van der Waals surface area contributed by atoms with E-state index in [0.717, 1.165) is 0 Å². The van der Waals surface area contributed by atoms with E-state index in [9.17, 15) is 19.2 Å². The zero-order valence-electron chi connectivity index (χ0n) is 21.1. The molecule has 4 N–H and O–H groups in total. The molecule has 13 nitrogen and oxygen atoms in total. The molecule has 2 aromatic rings. The first-order chi connectivity index (χ1) is 17.3. The number of thioether (sulfide) groups is 1. The highest BCUT2D eigenvalue weighted by Gasteiger charge is 2.63. The maximum atomic E-state index is 13.2. The Balaban J connectivity index is 1.45. The summed E-state index contributed by atoms with van der Waals surface area (Å²) in [7, 11) is 0. The molecule has 4 rings (SSSR count). The van der Waals surface area contributed by atoms with Crippen LogP contribution in [0.4, 0.5) is 0 Å². The minimum Gasteiger partial charge on any atom is -0.440 e. The third kappa shape index (κ3) is 5.33. The Morgan fingerprint density at radius 3 is 2.65 bits per heavy atom. The number of nitrogens with zero attached hydrogens (tertiary/aromatic N) is 5. The molecule has 0 aromatic carbocycles. The van der Waals surface area contributed by atoms with Gasteiger partial charge in [-0.3, -0.25) is 19.2 Å². The van der Waals surface area contributed by atoms with Gasteiger partial charge in [-0.2, -0.15) is 0 Å². The van der Waals surface area contributed by atoms with E-state index >= 15 is 0 Å². The van der Waals surface area contributed by atoms with Gasteiger partial charge < -0.3 is 26.0 Å². The number of esters is 1. The molecule has 0 bridgehead atoms. The normalized spacial score (nSPS) is 23.1. The quantitative estimate of drug-likeness (QED) is 0.307. The highest BCUT2D eigenvalue weighted by Crippen LogP contribution is 2.56. The fraction of sp³-hybridized carbons (Fsp3) is 0.591. The van der Waals surface area contributed by atoms with Gasteiger partial charge in [0, 0.05) is 9.62 Å². The van der Waals surface area contributed by atoms with Gasteiger partial charge in [0.15, 0.2) is 5.82 Å². The third-order valence-electron chi connectivity index (χ3n) is 5.96. The van der Waals surface area contributed by atoms with Crippen LogP contribution >= 0.6 is 23.1 Å². The Hall–Kier alpha value is -3.04. The van der Waals surface area contributed by atoms with Crippen molar-refractivity contribution in [1.82, 2.24) is 35.7 Å². The fourth-order valence-electron chi connectivity index (χ4n) is 4.09. The van der Waals surface area contributed by atoms with E-state index in [-0.39, 0.29) is 24.6 Å². The number of hydrogen-bond donors (Lipinski definition) is 3. The third-order valence-corrected chi connectivity index (χ3v) is 8.46. The zero-order valence-corrected chi connectivity index (χ0v) is 22.8. The lowest BCUT2D eigenvalue weighted by atomic mass is 9.95. The summed E-state index contributed by atoms with van der Waals surface area (Å²) < 4.78 is 4.75. The number of carbonyl (C=O) groups excluding carboxylic acids is 4. The smallest absolute Gasteiger partial charge is 0.313 e. The van der Waals surface area contributed by atoms with E-state index < -0.39 is 46.1 Å². The first-order valence-corrected chi connectivity index (χ1v) is 13.4. The van der Waals surface area contributed by atoms with Gasteiger partial charge in [-0.05, 0) is 51.3 Å². The molecule has 37 heavy (non-hydrogen) atoms. The molecular formula is C22H30N8O5S2.